The molecule has 0 spiro atoms. The van der Waals surface area contributed by atoms with E-state index in [4.69, 9.17) is 9.84 Å². The van der Waals surface area contributed by atoms with Crippen LogP contribution >= 0.6 is 0 Å². The maximum Gasteiger partial charge on any atom is 0.306 e. The summed E-state index contributed by atoms with van der Waals surface area (Å²) in [6, 6.07) is 0. The Balaban J connectivity index is 1.84. The van der Waals surface area contributed by atoms with Gasteiger partial charge in [-0.15, -0.1) is 0 Å². The van der Waals surface area contributed by atoms with Gasteiger partial charge in [0.05, 0.1) is 12.0 Å². The third-order valence-electron chi connectivity index (χ3n) is 4.53. The zero-order valence-electron chi connectivity index (χ0n) is 12.2. The van der Waals surface area contributed by atoms with Crippen molar-refractivity contribution in [1.29, 1.82) is 0 Å². The molecule has 2 atom stereocenters. The number of nitrogens with zero attached hydrogens (tertiary/aromatic N) is 1. The lowest BCUT2D eigenvalue weighted by Crippen LogP contribution is -2.45. The van der Waals surface area contributed by atoms with Gasteiger partial charge in [-0.3, -0.25) is 9.59 Å². The Kier molecular flexibility index (Phi) is 5.40. The van der Waals surface area contributed by atoms with Crippen LogP contribution in [-0.4, -0.2) is 47.7 Å². The lowest BCUT2D eigenvalue weighted by atomic mass is 9.80. The quantitative estimate of drug-likeness (QED) is 0.855. The summed E-state index contributed by atoms with van der Waals surface area (Å²) in [6.45, 7) is 4.21. The minimum absolute atomic E-state index is 0.0894. The zero-order chi connectivity index (χ0) is 14.5. The predicted molar refractivity (Wildman–Crippen MR) is 74.3 cm³/mol. The summed E-state index contributed by atoms with van der Waals surface area (Å²) in [5.41, 5.74) is 0. The van der Waals surface area contributed by atoms with E-state index < -0.39 is 5.97 Å². The van der Waals surface area contributed by atoms with Gasteiger partial charge in [-0.1, -0.05) is 6.42 Å². The van der Waals surface area contributed by atoms with Gasteiger partial charge in [0.25, 0.3) is 0 Å². The first-order chi connectivity index (χ1) is 9.61. The molecule has 1 amide bonds. The first-order valence-corrected chi connectivity index (χ1v) is 7.75. The summed E-state index contributed by atoms with van der Waals surface area (Å²) in [5.74, 6) is -1.02. The third kappa shape index (κ3) is 3.72. The van der Waals surface area contributed by atoms with E-state index in [1.165, 1.54) is 0 Å². The van der Waals surface area contributed by atoms with Crippen LogP contribution in [0.15, 0.2) is 0 Å². The van der Waals surface area contributed by atoms with E-state index >= 15 is 0 Å². The van der Waals surface area contributed by atoms with Crippen molar-refractivity contribution in [2.24, 2.45) is 11.8 Å². The predicted octanol–water partition coefficient (Wildman–Crippen LogP) is 1.90. The summed E-state index contributed by atoms with van der Waals surface area (Å²) in [7, 11) is 0. The van der Waals surface area contributed by atoms with Crippen molar-refractivity contribution in [2.45, 2.75) is 51.6 Å². The molecule has 5 heteroatoms. The van der Waals surface area contributed by atoms with E-state index in [0.717, 1.165) is 45.4 Å². The summed E-state index contributed by atoms with van der Waals surface area (Å²) < 4.78 is 5.59. The first kappa shape index (κ1) is 15.3. The van der Waals surface area contributed by atoms with Crippen molar-refractivity contribution < 1.29 is 19.4 Å². The number of carboxylic acids is 1. The van der Waals surface area contributed by atoms with Crippen molar-refractivity contribution in [2.75, 3.05) is 19.7 Å². The fraction of sp³-hybridized carbons (Fsp3) is 0.867. The largest absolute Gasteiger partial charge is 0.481 e. The van der Waals surface area contributed by atoms with E-state index in [9.17, 15) is 9.59 Å². The molecule has 1 saturated heterocycles. The highest BCUT2D eigenvalue weighted by atomic mass is 16.5. The molecule has 0 radical (unpaired) electrons. The van der Waals surface area contributed by atoms with Crippen molar-refractivity contribution in [3.63, 3.8) is 0 Å². The molecule has 0 aromatic heterocycles. The SMILES string of the molecule is CCOC1CCN(C(=O)[C@H]2CCC[C@H](C(=O)O)C2)CC1. The Morgan fingerprint density at radius 1 is 1.15 bits per heavy atom. The number of likely N-dealkylation sites (tertiary alicyclic amines) is 1. The normalized spacial score (nSPS) is 28.4. The van der Waals surface area contributed by atoms with Gasteiger partial charge in [0, 0.05) is 25.6 Å². The van der Waals surface area contributed by atoms with Crippen LogP contribution in [0.2, 0.25) is 0 Å². The van der Waals surface area contributed by atoms with Gasteiger partial charge in [-0.05, 0) is 39.0 Å². The van der Waals surface area contributed by atoms with Gasteiger partial charge in [0.15, 0.2) is 0 Å². The Morgan fingerprint density at radius 3 is 2.40 bits per heavy atom. The van der Waals surface area contributed by atoms with Gasteiger partial charge < -0.3 is 14.7 Å². The summed E-state index contributed by atoms with van der Waals surface area (Å²) in [6.07, 6.45) is 4.99. The molecule has 1 aliphatic heterocycles. The summed E-state index contributed by atoms with van der Waals surface area (Å²) >= 11 is 0. The molecule has 5 nitrogen and oxygen atoms in total. The van der Waals surface area contributed by atoms with Crippen LogP contribution in [0.1, 0.15) is 45.4 Å². The molecule has 0 aromatic rings. The zero-order valence-corrected chi connectivity index (χ0v) is 12.2. The summed E-state index contributed by atoms with van der Waals surface area (Å²) in [5, 5.41) is 9.10. The van der Waals surface area contributed by atoms with Crippen LogP contribution in [0, 0.1) is 11.8 Å². The van der Waals surface area contributed by atoms with E-state index in [2.05, 4.69) is 0 Å². The maximum absolute atomic E-state index is 12.5. The topological polar surface area (TPSA) is 66.8 Å². The molecular formula is C15H25NO4. The highest BCUT2D eigenvalue weighted by Crippen LogP contribution is 2.31. The van der Waals surface area contributed by atoms with Crippen LogP contribution in [0.25, 0.3) is 0 Å². The minimum Gasteiger partial charge on any atom is -0.481 e. The van der Waals surface area contributed by atoms with E-state index in [1.807, 2.05) is 11.8 Å². The van der Waals surface area contributed by atoms with Gasteiger partial charge in [0.1, 0.15) is 0 Å². The fourth-order valence-corrected chi connectivity index (χ4v) is 3.38. The minimum atomic E-state index is -0.752. The smallest absolute Gasteiger partial charge is 0.306 e. The van der Waals surface area contributed by atoms with Crippen LogP contribution in [0.3, 0.4) is 0 Å². The molecule has 1 saturated carbocycles. The number of carboxylic acid groups (broad SMARTS) is 1. The number of amides is 1. The molecular weight excluding hydrogens is 258 g/mol. The number of aliphatic carboxylic acids is 1. The molecule has 1 heterocycles. The second-order valence-electron chi connectivity index (χ2n) is 5.88. The molecule has 0 aromatic carbocycles. The lowest BCUT2D eigenvalue weighted by molar-refractivity contribution is -0.146. The van der Waals surface area contributed by atoms with E-state index in [1.54, 1.807) is 0 Å². The van der Waals surface area contributed by atoms with Gasteiger partial charge >= 0.3 is 5.97 Å². The van der Waals surface area contributed by atoms with E-state index in [-0.39, 0.29) is 23.8 Å². The molecule has 2 aliphatic rings. The van der Waals surface area contributed by atoms with Crippen LogP contribution in [0.4, 0.5) is 0 Å². The number of rotatable bonds is 4. The average Bonchev–Trinajstić information content (AvgIpc) is 2.48. The molecule has 0 bridgehead atoms. The molecule has 114 valence electrons. The van der Waals surface area contributed by atoms with E-state index in [0.29, 0.717) is 12.8 Å². The second-order valence-corrected chi connectivity index (χ2v) is 5.88. The van der Waals surface area contributed by atoms with Crippen molar-refractivity contribution >= 4 is 11.9 Å². The fourth-order valence-electron chi connectivity index (χ4n) is 3.38. The maximum atomic E-state index is 12.5. The molecule has 2 fully saturated rings. The number of ether oxygens (including phenoxy) is 1. The number of piperidine rings is 1. The van der Waals surface area contributed by atoms with Crippen molar-refractivity contribution in [3.05, 3.63) is 0 Å². The van der Waals surface area contributed by atoms with Crippen LogP contribution in [-0.2, 0) is 14.3 Å². The number of hydrogen-bond acceptors (Lipinski definition) is 3. The standard InChI is InChI=1S/C15H25NO4/c1-2-20-13-6-8-16(9-7-13)14(17)11-4-3-5-12(10-11)15(18)19/h11-13H,2-10H2,1H3,(H,18,19)/t11-,12-/m0/s1. The Morgan fingerprint density at radius 2 is 1.80 bits per heavy atom. The highest BCUT2D eigenvalue weighted by Gasteiger charge is 2.34. The van der Waals surface area contributed by atoms with Crippen molar-refractivity contribution in [3.8, 4) is 0 Å². The molecule has 0 unspecified atom stereocenters. The monoisotopic (exact) mass is 283 g/mol. The average molecular weight is 283 g/mol. The van der Waals surface area contributed by atoms with Gasteiger partial charge in [0.2, 0.25) is 5.91 Å². The molecule has 1 N–H and O–H groups in total. The molecule has 1 aliphatic carbocycles. The van der Waals surface area contributed by atoms with Gasteiger partial charge in [-0.2, -0.15) is 0 Å². The Labute approximate surface area is 120 Å². The van der Waals surface area contributed by atoms with Crippen molar-refractivity contribution in [1.82, 2.24) is 4.90 Å². The van der Waals surface area contributed by atoms with Crippen LogP contribution < -0.4 is 0 Å². The number of carbonyl (C=O) groups is 2. The first-order valence-electron chi connectivity index (χ1n) is 7.75. The van der Waals surface area contributed by atoms with Crippen LogP contribution in [0.5, 0.6) is 0 Å². The summed E-state index contributed by atoms with van der Waals surface area (Å²) in [4.78, 5) is 25.5. The molecule has 20 heavy (non-hydrogen) atoms. The second kappa shape index (κ2) is 7.07. The highest BCUT2D eigenvalue weighted by molar-refractivity contribution is 5.80. The number of carbonyl (C=O) groups excluding carboxylic acids is 1. The Hall–Kier alpha value is -1.10. The van der Waals surface area contributed by atoms with Gasteiger partial charge in [-0.25, -0.2) is 0 Å². The Bertz CT molecular complexity index is 350. The number of hydrogen-bond donors (Lipinski definition) is 1. The lowest BCUT2D eigenvalue weighted by Gasteiger charge is -2.35. The third-order valence-corrected chi connectivity index (χ3v) is 4.53. The molecule has 2 rings (SSSR count).